The first-order valence-electron chi connectivity index (χ1n) is 5.16. The van der Waals surface area contributed by atoms with Crippen molar-refractivity contribution in [3.63, 3.8) is 0 Å². The van der Waals surface area contributed by atoms with Crippen LogP contribution >= 0.6 is 0 Å². The van der Waals surface area contributed by atoms with Crippen LogP contribution in [-0.2, 0) is 0 Å². The number of rotatable bonds is 6. The third kappa shape index (κ3) is 8.03. The van der Waals surface area contributed by atoms with E-state index in [1.807, 2.05) is 0 Å². The molecule has 1 heteroatoms. The Bertz CT molecular complexity index is 85.2. The molecule has 0 heterocycles. The molecular weight excluding hydrogens is 151 g/mol. The Morgan fingerprint density at radius 3 is 1.33 bits per heavy atom. The Morgan fingerprint density at radius 1 is 0.750 bits per heavy atom. The molecule has 0 amide bonds. The molecular formula is C11H23F. The van der Waals surface area contributed by atoms with Gasteiger partial charge in [-0.3, -0.25) is 0 Å². The topological polar surface area (TPSA) is 0 Å². The quantitative estimate of drug-likeness (QED) is 0.566. The van der Waals surface area contributed by atoms with Crippen LogP contribution in [-0.4, -0.2) is 6.17 Å². The van der Waals surface area contributed by atoms with Gasteiger partial charge in [0.2, 0.25) is 0 Å². The molecule has 0 spiro atoms. The SMILES string of the molecule is CC(C)CCC(F)CCC(C)C. The summed E-state index contributed by atoms with van der Waals surface area (Å²) < 4.78 is 13.1. The molecule has 0 aromatic heterocycles. The summed E-state index contributed by atoms with van der Waals surface area (Å²) in [5, 5.41) is 0. The highest BCUT2D eigenvalue weighted by atomic mass is 19.1. The molecule has 0 aromatic rings. The van der Waals surface area contributed by atoms with Gasteiger partial charge < -0.3 is 0 Å². The van der Waals surface area contributed by atoms with Gasteiger partial charge in [0, 0.05) is 0 Å². The summed E-state index contributed by atoms with van der Waals surface area (Å²) in [4.78, 5) is 0. The second kappa shape index (κ2) is 6.45. The molecule has 0 N–H and O–H groups in total. The van der Waals surface area contributed by atoms with E-state index in [1.54, 1.807) is 0 Å². The first-order chi connectivity index (χ1) is 5.52. The average Bonchev–Trinajstić information content (AvgIpc) is 1.96. The van der Waals surface area contributed by atoms with Crippen molar-refractivity contribution in [3.8, 4) is 0 Å². The zero-order valence-electron chi connectivity index (χ0n) is 8.94. The third-order valence-corrected chi connectivity index (χ3v) is 2.11. The minimum absolute atomic E-state index is 0.560. The van der Waals surface area contributed by atoms with Crippen LogP contribution in [0.3, 0.4) is 0 Å². The Balaban J connectivity index is 3.27. The maximum absolute atomic E-state index is 13.1. The Kier molecular flexibility index (Phi) is 6.41. The average molecular weight is 174 g/mol. The molecule has 0 saturated heterocycles. The fourth-order valence-electron chi connectivity index (χ4n) is 1.17. The summed E-state index contributed by atoms with van der Waals surface area (Å²) in [5.41, 5.74) is 0. The van der Waals surface area contributed by atoms with E-state index in [0.717, 1.165) is 25.7 Å². The highest BCUT2D eigenvalue weighted by Gasteiger charge is 2.08. The van der Waals surface area contributed by atoms with E-state index in [2.05, 4.69) is 27.7 Å². The molecule has 0 nitrogen and oxygen atoms in total. The lowest BCUT2D eigenvalue weighted by molar-refractivity contribution is 0.263. The van der Waals surface area contributed by atoms with Crippen LogP contribution in [0, 0.1) is 11.8 Å². The number of alkyl halides is 1. The maximum atomic E-state index is 13.1. The monoisotopic (exact) mass is 174 g/mol. The van der Waals surface area contributed by atoms with Crippen LogP contribution in [0.5, 0.6) is 0 Å². The van der Waals surface area contributed by atoms with E-state index in [0.29, 0.717) is 11.8 Å². The lowest BCUT2D eigenvalue weighted by Gasteiger charge is -2.10. The van der Waals surface area contributed by atoms with Gasteiger partial charge in [0.25, 0.3) is 0 Å². The molecule has 0 unspecified atom stereocenters. The van der Waals surface area contributed by atoms with E-state index in [4.69, 9.17) is 0 Å². The van der Waals surface area contributed by atoms with Crippen molar-refractivity contribution in [1.29, 1.82) is 0 Å². The summed E-state index contributed by atoms with van der Waals surface area (Å²) >= 11 is 0. The molecule has 0 bridgehead atoms. The first-order valence-corrected chi connectivity index (χ1v) is 5.16. The lowest BCUT2D eigenvalue weighted by atomic mass is 10.00. The van der Waals surface area contributed by atoms with Crippen molar-refractivity contribution in [3.05, 3.63) is 0 Å². The van der Waals surface area contributed by atoms with Crippen LogP contribution in [0.4, 0.5) is 4.39 Å². The van der Waals surface area contributed by atoms with E-state index in [9.17, 15) is 4.39 Å². The van der Waals surface area contributed by atoms with Gasteiger partial charge in [0.15, 0.2) is 0 Å². The largest absolute Gasteiger partial charge is 0.247 e. The Morgan fingerprint density at radius 2 is 1.08 bits per heavy atom. The summed E-state index contributed by atoms with van der Waals surface area (Å²) in [5.74, 6) is 1.28. The van der Waals surface area contributed by atoms with Gasteiger partial charge in [0.05, 0.1) is 0 Å². The van der Waals surface area contributed by atoms with Gasteiger partial charge in [-0.25, -0.2) is 4.39 Å². The molecule has 0 aromatic carbocycles. The second-order valence-corrected chi connectivity index (χ2v) is 4.54. The van der Waals surface area contributed by atoms with Crippen LogP contribution < -0.4 is 0 Å². The van der Waals surface area contributed by atoms with Crippen LogP contribution in [0.15, 0.2) is 0 Å². The molecule has 0 rings (SSSR count). The second-order valence-electron chi connectivity index (χ2n) is 4.54. The van der Waals surface area contributed by atoms with E-state index in [1.165, 1.54) is 0 Å². The summed E-state index contributed by atoms with van der Waals surface area (Å²) in [6, 6.07) is 0. The van der Waals surface area contributed by atoms with E-state index in [-0.39, 0.29) is 0 Å². The predicted octanol–water partition coefficient (Wildman–Crippen LogP) is 4.20. The number of halogens is 1. The molecule has 0 aliphatic rings. The molecule has 0 atom stereocenters. The van der Waals surface area contributed by atoms with Gasteiger partial charge in [0.1, 0.15) is 6.17 Å². The van der Waals surface area contributed by atoms with Crippen LogP contribution in [0.2, 0.25) is 0 Å². The molecule has 0 aliphatic carbocycles. The highest BCUT2D eigenvalue weighted by molar-refractivity contribution is 4.59. The smallest absolute Gasteiger partial charge is 0.100 e. The van der Waals surface area contributed by atoms with Gasteiger partial charge in [-0.15, -0.1) is 0 Å². The number of hydrogen-bond donors (Lipinski definition) is 0. The van der Waals surface area contributed by atoms with Gasteiger partial charge in [-0.1, -0.05) is 27.7 Å². The lowest BCUT2D eigenvalue weighted by Crippen LogP contribution is -2.04. The van der Waals surface area contributed by atoms with Crippen molar-refractivity contribution in [2.45, 2.75) is 59.5 Å². The molecule has 12 heavy (non-hydrogen) atoms. The molecule has 0 aliphatic heterocycles. The first kappa shape index (κ1) is 11.9. The van der Waals surface area contributed by atoms with Crippen LogP contribution in [0.25, 0.3) is 0 Å². The van der Waals surface area contributed by atoms with Crippen molar-refractivity contribution in [1.82, 2.24) is 0 Å². The fraction of sp³-hybridized carbons (Fsp3) is 1.00. The van der Waals surface area contributed by atoms with Gasteiger partial charge in [-0.2, -0.15) is 0 Å². The Labute approximate surface area is 76.6 Å². The van der Waals surface area contributed by atoms with Gasteiger partial charge in [-0.05, 0) is 37.5 Å². The normalized spacial score (nSPS) is 12.0. The molecule has 0 fully saturated rings. The minimum Gasteiger partial charge on any atom is -0.247 e. The zero-order chi connectivity index (χ0) is 9.56. The van der Waals surface area contributed by atoms with Crippen molar-refractivity contribution in [2.24, 2.45) is 11.8 Å². The minimum atomic E-state index is -0.560. The van der Waals surface area contributed by atoms with Crippen molar-refractivity contribution >= 4 is 0 Å². The number of hydrogen-bond acceptors (Lipinski definition) is 0. The Hall–Kier alpha value is -0.0700. The maximum Gasteiger partial charge on any atom is 0.100 e. The fourth-order valence-corrected chi connectivity index (χ4v) is 1.17. The predicted molar refractivity (Wildman–Crippen MR) is 53.0 cm³/mol. The van der Waals surface area contributed by atoms with E-state index >= 15 is 0 Å². The summed E-state index contributed by atoms with van der Waals surface area (Å²) in [6.07, 6.45) is 3.00. The zero-order valence-corrected chi connectivity index (χ0v) is 8.94. The third-order valence-electron chi connectivity index (χ3n) is 2.11. The molecule has 74 valence electrons. The summed E-state index contributed by atoms with van der Waals surface area (Å²) in [7, 11) is 0. The van der Waals surface area contributed by atoms with Crippen molar-refractivity contribution < 1.29 is 4.39 Å². The van der Waals surface area contributed by atoms with Crippen molar-refractivity contribution in [2.75, 3.05) is 0 Å². The molecule has 0 radical (unpaired) electrons. The summed E-state index contributed by atoms with van der Waals surface area (Å²) in [6.45, 7) is 8.59. The van der Waals surface area contributed by atoms with Crippen LogP contribution in [0.1, 0.15) is 53.4 Å². The highest BCUT2D eigenvalue weighted by Crippen LogP contribution is 2.16. The standard InChI is InChI=1S/C11H23F/c1-9(2)5-7-11(12)8-6-10(3)4/h9-11H,5-8H2,1-4H3. The molecule has 0 saturated carbocycles. The van der Waals surface area contributed by atoms with Gasteiger partial charge >= 0.3 is 0 Å². The van der Waals surface area contributed by atoms with E-state index < -0.39 is 6.17 Å².